The van der Waals surface area contributed by atoms with Gasteiger partial charge in [0.2, 0.25) is 5.75 Å². The molecule has 1 aromatic rings. The van der Waals surface area contributed by atoms with Crippen LogP contribution >= 0.6 is 0 Å². The van der Waals surface area contributed by atoms with Gasteiger partial charge in [-0.15, -0.1) is 0 Å². The highest BCUT2D eigenvalue weighted by Crippen LogP contribution is 2.39. The maximum Gasteiger partial charge on any atom is 0.326 e. The number of methoxy groups -OCH3 is 3. The molecule has 0 aromatic heterocycles. The molecule has 1 atom stereocenters. The number of carbonyl (C=O) groups is 2. The summed E-state index contributed by atoms with van der Waals surface area (Å²) < 4.78 is 15.6. The molecule has 1 amide bonds. The fraction of sp³-hybridized carbons (Fsp3) is 0.467. The Morgan fingerprint density at radius 2 is 1.77 bits per heavy atom. The van der Waals surface area contributed by atoms with Crippen LogP contribution in [0, 0.1) is 0 Å². The van der Waals surface area contributed by atoms with Gasteiger partial charge < -0.3 is 24.6 Å². The summed E-state index contributed by atoms with van der Waals surface area (Å²) in [5.41, 5.74) is 0.183. The number of benzene rings is 1. The molecule has 0 fully saturated rings. The second-order valence-corrected chi connectivity index (χ2v) is 4.53. The van der Waals surface area contributed by atoms with Gasteiger partial charge in [0.1, 0.15) is 6.04 Å². The van der Waals surface area contributed by atoms with E-state index < -0.39 is 17.9 Å². The van der Waals surface area contributed by atoms with E-state index in [2.05, 4.69) is 5.32 Å². The van der Waals surface area contributed by atoms with Crippen LogP contribution in [0.5, 0.6) is 17.2 Å². The van der Waals surface area contributed by atoms with Crippen molar-refractivity contribution < 1.29 is 28.9 Å². The number of ether oxygens (including phenoxy) is 3. The minimum atomic E-state index is -1.07. The fourth-order valence-corrected chi connectivity index (χ4v) is 2.06. The Kier molecular flexibility index (Phi) is 6.49. The predicted molar refractivity (Wildman–Crippen MR) is 79.9 cm³/mol. The van der Waals surface area contributed by atoms with Crippen LogP contribution in [0.3, 0.4) is 0 Å². The number of hydrogen-bond donors (Lipinski definition) is 2. The molecular weight excluding hydrogens is 290 g/mol. The van der Waals surface area contributed by atoms with E-state index >= 15 is 0 Å². The minimum absolute atomic E-state index is 0.183. The van der Waals surface area contributed by atoms with E-state index in [9.17, 15) is 9.59 Å². The Labute approximate surface area is 129 Å². The zero-order valence-electron chi connectivity index (χ0n) is 13.1. The lowest BCUT2D eigenvalue weighted by atomic mass is 10.1. The van der Waals surface area contributed by atoms with E-state index in [4.69, 9.17) is 19.3 Å². The fourth-order valence-electron chi connectivity index (χ4n) is 2.06. The molecule has 7 heteroatoms. The molecule has 1 rings (SSSR count). The number of carboxylic acid groups (broad SMARTS) is 1. The SMILES string of the molecule is CCCC(NC(=O)c1ccc(OC)c(OC)c1OC)C(=O)O. The molecule has 0 aliphatic heterocycles. The van der Waals surface area contributed by atoms with Gasteiger partial charge in [0.25, 0.3) is 5.91 Å². The number of hydrogen-bond acceptors (Lipinski definition) is 5. The van der Waals surface area contributed by atoms with Crippen LogP contribution in [0.4, 0.5) is 0 Å². The minimum Gasteiger partial charge on any atom is -0.493 e. The number of carbonyl (C=O) groups excluding carboxylic acids is 1. The molecule has 1 aromatic carbocycles. The number of aliphatic carboxylic acids is 1. The van der Waals surface area contributed by atoms with Crippen molar-refractivity contribution in [2.75, 3.05) is 21.3 Å². The summed E-state index contributed by atoms with van der Waals surface area (Å²) in [6.07, 6.45) is 0.983. The Bertz CT molecular complexity index is 543. The average Bonchev–Trinajstić information content (AvgIpc) is 2.52. The van der Waals surface area contributed by atoms with Gasteiger partial charge in [-0.05, 0) is 18.6 Å². The van der Waals surface area contributed by atoms with Crippen molar-refractivity contribution >= 4 is 11.9 Å². The lowest BCUT2D eigenvalue weighted by Crippen LogP contribution is -2.40. The lowest BCUT2D eigenvalue weighted by Gasteiger charge is -2.17. The maximum absolute atomic E-state index is 12.3. The molecule has 122 valence electrons. The van der Waals surface area contributed by atoms with Crippen LogP contribution in [0.25, 0.3) is 0 Å². The summed E-state index contributed by atoms with van der Waals surface area (Å²) in [6.45, 7) is 1.85. The summed E-state index contributed by atoms with van der Waals surface area (Å²) >= 11 is 0. The van der Waals surface area contributed by atoms with Gasteiger partial charge in [0.05, 0.1) is 26.9 Å². The molecule has 0 radical (unpaired) electrons. The molecule has 0 heterocycles. The zero-order valence-corrected chi connectivity index (χ0v) is 13.1. The zero-order chi connectivity index (χ0) is 16.7. The lowest BCUT2D eigenvalue weighted by molar-refractivity contribution is -0.139. The second-order valence-electron chi connectivity index (χ2n) is 4.53. The molecule has 1 unspecified atom stereocenters. The number of carboxylic acids is 1. The normalized spacial score (nSPS) is 11.5. The van der Waals surface area contributed by atoms with Crippen molar-refractivity contribution in [1.82, 2.24) is 5.32 Å². The largest absolute Gasteiger partial charge is 0.493 e. The molecule has 0 aliphatic carbocycles. The first-order chi connectivity index (χ1) is 10.5. The third kappa shape index (κ3) is 3.81. The van der Waals surface area contributed by atoms with Crippen LogP contribution in [0.15, 0.2) is 12.1 Å². The van der Waals surface area contributed by atoms with Crippen molar-refractivity contribution in [3.63, 3.8) is 0 Å². The number of nitrogens with one attached hydrogen (secondary N) is 1. The Morgan fingerprint density at radius 1 is 1.14 bits per heavy atom. The highest BCUT2D eigenvalue weighted by atomic mass is 16.5. The highest BCUT2D eigenvalue weighted by molar-refractivity contribution is 6.00. The Hall–Kier alpha value is -2.44. The Balaban J connectivity index is 3.14. The van der Waals surface area contributed by atoms with Crippen LogP contribution in [-0.4, -0.2) is 44.4 Å². The first-order valence-electron chi connectivity index (χ1n) is 6.82. The quantitative estimate of drug-likeness (QED) is 0.759. The van der Waals surface area contributed by atoms with E-state index in [1.165, 1.54) is 27.4 Å². The summed E-state index contributed by atoms with van der Waals surface area (Å²) in [5, 5.41) is 11.6. The summed E-state index contributed by atoms with van der Waals surface area (Å²) in [7, 11) is 4.30. The highest BCUT2D eigenvalue weighted by Gasteiger charge is 2.24. The van der Waals surface area contributed by atoms with E-state index in [0.29, 0.717) is 18.6 Å². The third-order valence-corrected chi connectivity index (χ3v) is 3.13. The predicted octanol–water partition coefficient (Wildman–Crippen LogP) is 1.70. The van der Waals surface area contributed by atoms with Crippen LogP contribution in [0.2, 0.25) is 0 Å². The van der Waals surface area contributed by atoms with Crippen LogP contribution in [-0.2, 0) is 4.79 Å². The Morgan fingerprint density at radius 3 is 2.23 bits per heavy atom. The molecule has 0 aliphatic rings. The molecule has 7 nitrogen and oxygen atoms in total. The van der Waals surface area contributed by atoms with Crippen molar-refractivity contribution in [3.8, 4) is 17.2 Å². The first-order valence-corrected chi connectivity index (χ1v) is 6.82. The first kappa shape index (κ1) is 17.6. The summed E-state index contributed by atoms with van der Waals surface area (Å²) in [5.74, 6) is -0.729. The number of amides is 1. The summed E-state index contributed by atoms with van der Waals surface area (Å²) in [6, 6.07) is 2.11. The van der Waals surface area contributed by atoms with Gasteiger partial charge in [-0.1, -0.05) is 13.3 Å². The standard InChI is InChI=1S/C15H21NO6/c1-5-6-10(15(18)19)16-14(17)9-7-8-11(20-2)13(22-4)12(9)21-3/h7-8,10H,5-6H2,1-4H3,(H,16,17)(H,18,19). The van der Waals surface area contributed by atoms with Gasteiger partial charge in [-0.2, -0.15) is 0 Å². The van der Waals surface area contributed by atoms with E-state index in [-0.39, 0.29) is 17.1 Å². The van der Waals surface area contributed by atoms with E-state index in [0.717, 1.165) is 0 Å². The monoisotopic (exact) mass is 311 g/mol. The maximum atomic E-state index is 12.3. The third-order valence-electron chi connectivity index (χ3n) is 3.13. The molecular formula is C15H21NO6. The molecule has 0 saturated heterocycles. The number of rotatable bonds is 8. The molecule has 0 saturated carbocycles. The van der Waals surface area contributed by atoms with Crippen molar-refractivity contribution in [1.29, 1.82) is 0 Å². The molecule has 22 heavy (non-hydrogen) atoms. The van der Waals surface area contributed by atoms with E-state index in [1.807, 2.05) is 6.92 Å². The van der Waals surface area contributed by atoms with Crippen molar-refractivity contribution in [2.24, 2.45) is 0 Å². The van der Waals surface area contributed by atoms with E-state index in [1.54, 1.807) is 6.07 Å². The van der Waals surface area contributed by atoms with Gasteiger partial charge in [0, 0.05) is 0 Å². The van der Waals surface area contributed by atoms with Crippen LogP contribution < -0.4 is 19.5 Å². The molecule has 2 N–H and O–H groups in total. The van der Waals surface area contributed by atoms with Crippen molar-refractivity contribution in [2.45, 2.75) is 25.8 Å². The van der Waals surface area contributed by atoms with Gasteiger partial charge in [0.15, 0.2) is 11.5 Å². The second kappa shape index (κ2) is 8.11. The summed E-state index contributed by atoms with van der Waals surface area (Å²) in [4.78, 5) is 23.5. The van der Waals surface area contributed by atoms with Gasteiger partial charge in [-0.25, -0.2) is 4.79 Å². The molecule has 0 bridgehead atoms. The smallest absolute Gasteiger partial charge is 0.326 e. The van der Waals surface area contributed by atoms with Gasteiger partial charge >= 0.3 is 5.97 Å². The van der Waals surface area contributed by atoms with Gasteiger partial charge in [-0.3, -0.25) is 4.79 Å². The average molecular weight is 311 g/mol. The topological polar surface area (TPSA) is 94.1 Å². The molecule has 0 spiro atoms. The van der Waals surface area contributed by atoms with Crippen molar-refractivity contribution in [3.05, 3.63) is 17.7 Å². The van der Waals surface area contributed by atoms with Crippen LogP contribution in [0.1, 0.15) is 30.1 Å².